The minimum Gasteiger partial charge on any atom is -0.481 e. The van der Waals surface area contributed by atoms with Crippen LogP contribution in [0.2, 0.25) is 0 Å². The van der Waals surface area contributed by atoms with Crippen molar-refractivity contribution in [2.75, 3.05) is 6.79 Å². The van der Waals surface area contributed by atoms with Crippen molar-refractivity contribution in [1.82, 2.24) is 0 Å². The van der Waals surface area contributed by atoms with Crippen molar-refractivity contribution in [1.29, 1.82) is 0 Å². The predicted molar refractivity (Wildman–Crippen MR) is 79.6 cm³/mol. The maximum Gasteiger partial charge on any atom is 0.498 e. The predicted octanol–water partition coefficient (Wildman–Crippen LogP) is 1.34. The smallest absolute Gasteiger partial charge is 0.481 e. The van der Waals surface area contributed by atoms with Gasteiger partial charge < -0.3 is 23.9 Å². The van der Waals surface area contributed by atoms with Crippen LogP contribution in [0.1, 0.15) is 33.3 Å². The van der Waals surface area contributed by atoms with Gasteiger partial charge in [-0.1, -0.05) is 6.07 Å². The van der Waals surface area contributed by atoms with Crippen LogP contribution < -0.4 is 14.9 Å². The number of carbonyl (C=O) groups is 1. The van der Waals surface area contributed by atoms with E-state index in [0.717, 1.165) is 0 Å². The Labute approximate surface area is 129 Å². The lowest BCUT2D eigenvalue weighted by Crippen LogP contribution is -2.41. The van der Waals surface area contributed by atoms with Gasteiger partial charge in [0, 0.05) is 5.46 Å². The summed E-state index contributed by atoms with van der Waals surface area (Å²) < 4.78 is 23.0. The zero-order valence-corrected chi connectivity index (χ0v) is 13.1. The van der Waals surface area contributed by atoms with Crippen molar-refractivity contribution >= 4 is 18.6 Å². The van der Waals surface area contributed by atoms with Gasteiger partial charge in [0.15, 0.2) is 11.5 Å². The Bertz CT molecular complexity index is 609. The summed E-state index contributed by atoms with van der Waals surface area (Å²) in [4.78, 5) is 11.0. The molecule has 3 rings (SSSR count). The minimum atomic E-state index is -0.904. The Kier molecular flexibility index (Phi) is 3.38. The van der Waals surface area contributed by atoms with Gasteiger partial charge in [0.1, 0.15) is 0 Å². The number of carboxylic acid groups (broad SMARTS) is 1. The molecule has 2 heterocycles. The summed E-state index contributed by atoms with van der Waals surface area (Å²) in [5, 5.41) is 9.00. The summed E-state index contributed by atoms with van der Waals surface area (Å²) in [5.74, 6) is 0.190. The number of carboxylic acids is 1. The fourth-order valence-electron chi connectivity index (χ4n) is 2.52. The normalized spacial score (nSPS) is 21.2. The quantitative estimate of drug-likeness (QED) is 0.850. The third kappa shape index (κ3) is 2.44. The zero-order chi connectivity index (χ0) is 16.1. The van der Waals surface area contributed by atoms with Crippen LogP contribution in [0.4, 0.5) is 0 Å². The molecule has 1 N–H and O–H groups in total. The molecule has 22 heavy (non-hydrogen) atoms. The van der Waals surface area contributed by atoms with E-state index < -0.39 is 24.3 Å². The van der Waals surface area contributed by atoms with Gasteiger partial charge in [0.25, 0.3) is 0 Å². The van der Waals surface area contributed by atoms with Crippen molar-refractivity contribution < 1.29 is 28.7 Å². The molecule has 1 aromatic rings. The molecule has 118 valence electrons. The monoisotopic (exact) mass is 306 g/mol. The first kappa shape index (κ1) is 15.2. The third-order valence-electron chi connectivity index (χ3n) is 4.42. The number of hydrogen-bond acceptors (Lipinski definition) is 5. The van der Waals surface area contributed by atoms with Crippen LogP contribution in [0, 0.1) is 0 Å². The Morgan fingerprint density at radius 2 is 1.82 bits per heavy atom. The van der Waals surface area contributed by atoms with E-state index in [-0.39, 0.29) is 13.2 Å². The second-order valence-electron chi connectivity index (χ2n) is 6.58. The molecule has 6 nitrogen and oxygen atoms in total. The minimum absolute atomic E-state index is 0.0941. The van der Waals surface area contributed by atoms with Gasteiger partial charge in [-0.2, -0.15) is 0 Å². The van der Waals surface area contributed by atoms with Crippen LogP contribution in [-0.2, 0) is 20.5 Å². The van der Waals surface area contributed by atoms with Gasteiger partial charge in [-0.3, -0.25) is 4.79 Å². The summed E-state index contributed by atoms with van der Waals surface area (Å²) in [6.07, 6.45) is -0.0941. The molecular weight excluding hydrogens is 287 g/mol. The largest absolute Gasteiger partial charge is 0.498 e. The lowest BCUT2D eigenvalue weighted by atomic mass is 9.77. The Hall–Kier alpha value is -1.73. The summed E-state index contributed by atoms with van der Waals surface area (Å²) in [6.45, 7) is 7.97. The van der Waals surface area contributed by atoms with Crippen molar-refractivity contribution in [2.24, 2.45) is 0 Å². The molecule has 0 aromatic heterocycles. The Morgan fingerprint density at radius 1 is 1.18 bits per heavy atom. The second kappa shape index (κ2) is 4.89. The molecule has 0 saturated carbocycles. The lowest BCUT2D eigenvalue weighted by molar-refractivity contribution is -0.136. The van der Waals surface area contributed by atoms with Gasteiger partial charge in [-0.25, -0.2) is 0 Å². The molecule has 0 aliphatic carbocycles. The van der Waals surface area contributed by atoms with E-state index in [4.69, 9.17) is 23.9 Å². The highest BCUT2D eigenvalue weighted by atomic mass is 16.7. The number of aliphatic carboxylic acids is 1. The molecule has 0 spiro atoms. The van der Waals surface area contributed by atoms with Crippen LogP contribution in [0.15, 0.2) is 12.1 Å². The number of benzene rings is 1. The van der Waals surface area contributed by atoms with Crippen molar-refractivity contribution in [3.8, 4) is 11.5 Å². The summed E-state index contributed by atoms with van der Waals surface area (Å²) >= 11 is 0. The van der Waals surface area contributed by atoms with Crippen LogP contribution in [-0.4, -0.2) is 36.2 Å². The molecule has 1 saturated heterocycles. The second-order valence-corrected chi connectivity index (χ2v) is 6.58. The van der Waals surface area contributed by atoms with Gasteiger partial charge >= 0.3 is 13.1 Å². The number of fused-ring (bicyclic) bond motifs is 1. The van der Waals surface area contributed by atoms with Crippen molar-refractivity contribution in [3.05, 3.63) is 17.7 Å². The molecule has 1 aromatic carbocycles. The summed E-state index contributed by atoms with van der Waals surface area (Å²) in [5.41, 5.74) is 0.339. The van der Waals surface area contributed by atoms with E-state index in [1.165, 1.54) is 0 Å². The van der Waals surface area contributed by atoms with Crippen LogP contribution in [0.25, 0.3) is 0 Å². The molecule has 2 aliphatic heterocycles. The van der Waals surface area contributed by atoms with Crippen LogP contribution in [0.5, 0.6) is 11.5 Å². The maximum atomic E-state index is 11.0. The number of hydrogen-bond donors (Lipinski definition) is 1. The highest BCUT2D eigenvalue weighted by Gasteiger charge is 2.53. The van der Waals surface area contributed by atoms with E-state index >= 15 is 0 Å². The fourth-order valence-corrected chi connectivity index (χ4v) is 2.52. The van der Waals surface area contributed by atoms with E-state index in [0.29, 0.717) is 22.5 Å². The standard InChI is InChI=1S/C15H19BO6/c1-14(2)15(3,4)22-16(21-14)10-5-9(7-12(17)18)6-11-13(10)20-8-19-11/h5-6H,7-8H2,1-4H3,(H,17,18). The van der Waals surface area contributed by atoms with Crippen LogP contribution >= 0.6 is 0 Å². The van der Waals surface area contributed by atoms with Gasteiger partial charge in [-0.15, -0.1) is 0 Å². The van der Waals surface area contributed by atoms with E-state index in [2.05, 4.69) is 0 Å². The van der Waals surface area contributed by atoms with E-state index in [1.807, 2.05) is 27.7 Å². The van der Waals surface area contributed by atoms with Gasteiger partial charge in [0.05, 0.1) is 17.6 Å². The highest BCUT2D eigenvalue weighted by Crippen LogP contribution is 2.39. The summed E-state index contributed by atoms with van der Waals surface area (Å²) in [7, 11) is -0.616. The van der Waals surface area contributed by atoms with Crippen molar-refractivity contribution in [3.63, 3.8) is 0 Å². The Morgan fingerprint density at radius 3 is 2.41 bits per heavy atom. The first-order chi connectivity index (χ1) is 10.2. The first-order valence-electron chi connectivity index (χ1n) is 7.19. The van der Waals surface area contributed by atoms with E-state index in [9.17, 15) is 4.79 Å². The molecule has 0 radical (unpaired) electrons. The topological polar surface area (TPSA) is 74.2 Å². The maximum absolute atomic E-state index is 11.0. The SMILES string of the molecule is CC1(C)OB(c2cc(CC(=O)O)cc3c2OCO3)OC1(C)C. The fraction of sp³-hybridized carbons (Fsp3) is 0.533. The van der Waals surface area contributed by atoms with Gasteiger partial charge in [0.2, 0.25) is 6.79 Å². The Balaban J connectivity index is 2.00. The molecule has 0 amide bonds. The molecule has 0 unspecified atom stereocenters. The molecule has 2 aliphatic rings. The number of rotatable bonds is 3. The summed E-state index contributed by atoms with van der Waals surface area (Å²) in [6, 6.07) is 3.44. The molecule has 0 bridgehead atoms. The van der Waals surface area contributed by atoms with Gasteiger partial charge in [-0.05, 0) is 39.3 Å². The van der Waals surface area contributed by atoms with E-state index in [1.54, 1.807) is 12.1 Å². The third-order valence-corrected chi connectivity index (χ3v) is 4.42. The van der Waals surface area contributed by atoms with Crippen molar-refractivity contribution in [2.45, 2.75) is 45.3 Å². The lowest BCUT2D eigenvalue weighted by Gasteiger charge is -2.32. The molecule has 1 fully saturated rings. The average Bonchev–Trinajstić information content (AvgIpc) is 2.90. The zero-order valence-electron chi connectivity index (χ0n) is 13.1. The molecule has 7 heteroatoms. The first-order valence-corrected chi connectivity index (χ1v) is 7.19. The number of ether oxygens (including phenoxy) is 2. The molecule has 0 atom stereocenters. The van der Waals surface area contributed by atoms with Crippen LogP contribution in [0.3, 0.4) is 0 Å². The molecular formula is C15H19BO6. The average molecular weight is 306 g/mol. The highest BCUT2D eigenvalue weighted by molar-refractivity contribution is 6.63.